The van der Waals surface area contributed by atoms with Gasteiger partial charge in [-0.25, -0.2) is 0 Å². The Morgan fingerprint density at radius 2 is 1.73 bits per heavy atom. The molecule has 0 aliphatic heterocycles. The third-order valence-corrected chi connectivity index (χ3v) is 6.09. The molecule has 40 heavy (non-hydrogen) atoms. The van der Waals surface area contributed by atoms with Gasteiger partial charge in [-0.05, 0) is 64.8 Å². The Morgan fingerprint density at radius 1 is 1.00 bits per heavy atom. The number of hydrogen-bond donors (Lipinski definition) is 2. The molecule has 3 aromatic rings. The van der Waals surface area contributed by atoms with Gasteiger partial charge >= 0.3 is 0 Å². The van der Waals surface area contributed by atoms with Crippen LogP contribution in [0, 0.1) is 20.8 Å². The first kappa shape index (κ1) is 30.2. The fraction of sp³-hybridized carbons (Fsp3) is 0.400. The number of nitrogens with zero attached hydrogens (tertiary/aromatic N) is 2. The summed E-state index contributed by atoms with van der Waals surface area (Å²) in [4.78, 5) is 42.2. The number of para-hydroxylation sites is 1. The second-order valence-corrected chi connectivity index (χ2v) is 10.6. The topological polar surface area (TPSA) is 123 Å². The molecule has 10 heteroatoms. The van der Waals surface area contributed by atoms with Crippen LogP contribution in [0.15, 0.2) is 47.0 Å². The van der Waals surface area contributed by atoms with E-state index in [1.54, 1.807) is 31.2 Å². The van der Waals surface area contributed by atoms with E-state index in [4.69, 9.17) is 14.0 Å². The van der Waals surface area contributed by atoms with Crippen LogP contribution >= 0.6 is 0 Å². The van der Waals surface area contributed by atoms with Crippen LogP contribution in [0.2, 0.25) is 0 Å². The number of ether oxygens (including phenoxy) is 2. The van der Waals surface area contributed by atoms with Gasteiger partial charge in [0.25, 0.3) is 0 Å². The van der Waals surface area contributed by atoms with Crippen molar-refractivity contribution in [1.82, 2.24) is 10.5 Å². The predicted molar refractivity (Wildman–Crippen MR) is 153 cm³/mol. The molecule has 2 aromatic carbocycles. The summed E-state index contributed by atoms with van der Waals surface area (Å²) in [5, 5.41) is 9.42. The minimum Gasteiger partial charge on any atom is -0.493 e. The summed E-state index contributed by atoms with van der Waals surface area (Å²) in [6.07, 6.45) is -0.295. The van der Waals surface area contributed by atoms with Crippen molar-refractivity contribution in [2.75, 3.05) is 24.4 Å². The van der Waals surface area contributed by atoms with Crippen LogP contribution in [0.5, 0.6) is 11.5 Å². The maximum Gasteiger partial charge on any atom is 0.248 e. The quantitative estimate of drug-likeness (QED) is 0.363. The molecule has 0 bridgehead atoms. The number of carbonyl (C=O) groups excluding carboxylic acids is 3. The highest BCUT2D eigenvalue weighted by molar-refractivity contribution is 6.04. The van der Waals surface area contributed by atoms with E-state index in [9.17, 15) is 14.4 Å². The van der Waals surface area contributed by atoms with Crippen LogP contribution in [0.3, 0.4) is 0 Å². The zero-order valence-corrected chi connectivity index (χ0v) is 24.4. The molecule has 214 valence electrons. The standard InChI is InChI=1S/C30H38N4O6/c1-18-12-13-19(2)22(16-18)34(26(36)15-14-25(35)31-24-17-20(3)40-33-24)27(29(37)32-30(4,5)6)21-10-9-11-23(38-7)28(21)39-8/h9-13,16-17,27H,14-15H2,1-8H3,(H,32,37)(H,31,33,35). The maximum absolute atomic E-state index is 14.1. The normalized spacial score (nSPS) is 11.9. The van der Waals surface area contributed by atoms with Gasteiger partial charge in [0.2, 0.25) is 17.7 Å². The molecule has 0 aliphatic carbocycles. The molecule has 0 fully saturated rings. The number of aryl methyl sites for hydroxylation is 3. The van der Waals surface area contributed by atoms with E-state index in [-0.39, 0.29) is 18.7 Å². The van der Waals surface area contributed by atoms with Crippen molar-refractivity contribution >= 4 is 29.2 Å². The molecule has 0 radical (unpaired) electrons. The Balaban J connectivity index is 2.11. The average molecular weight is 551 g/mol. The lowest BCUT2D eigenvalue weighted by molar-refractivity contribution is -0.128. The lowest BCUT2D eigenvalue weighted by atomic mass is 9.97. The molecule has 0 saturated carbocycles. The van der Waals surface area contributed by atoms with Crippen LogP contribution in [0.4, 0.5) is 11.5 Å². The lowest BCUT2D eigenvalue weighted by Gasteiger charge is -2.35. The highest BCUT2D eigenvalue weighted by Crippen LogP contribution is 2.40. The van der Waals surface area contributed by atoms with Gasteiger partial charge in [0, 0.05) is 35.7 Å². The SMILES string of the molecule is COc1cccc(C(C(=O)NC(C)(C)C)N(C(=O)CCC(=O)Nc2cc(C)on2)c2cc(C)ccc2C)c1OC. The molecule has 0 saturated heterocycles. The highest BCUT2D eigenvalue weighted by Gasteiger charge is 2.37. The van der Waals surface area contributed by atoms with Gasteiger partial charge in [0.05, 0.1) is 14.2 Å². The van der Waals surface area contributed by atoms with Crippen LogP contribution in [0.25, 0.3) is 0 Å². The summed E-state index contributed by atoms with van der Waals surface area (Å²) in [5.41, 5.74) is 2.10. The van der Waals surface area contributed by atoms with Crippen molar-refractivity contribution in [1.29, 1.82) is 0 Å². The van der Waals surface area contributed by atoms with E-state index >= 15 is 0 Å². The molecule has 0 spiro atoms. The van der Waals surface area contributed by atoms with Crippen LogP contribution < -0.4 is 25.0 Å². The average Bonchev–Trinajstić information content (AvgIpc) is 3.29. The number of aromatic nitrogens is 1. The molecule has 10 nitrogen and oxygen atoms in total. The number of hydrogen-bond acceptors (Lipinski definition) is 7. The number of amides is 3. The molecule has 0 aliphatic rings. The zero-order valence-electron chi connectivity index (χ0n) is 24.4. The number of anilines is 2. The Bertz CT molecular complexity index is 1370. The summed E-state index contributed by atoms with van der Waals surface area (Å²) in [7, 11) is 2.99. The molecular weight excluding hydrogens is 512 g/mol. The summed E-state index contributed by atoms with van der Waals surface area (Å²) < 4.78 is 16.2. The van der Waals surface area contributed by atoms with E-state index < -0.39 is 29.3 Å². The van der Waals surface area contributed by atoms with Crippen molar-refractivity contribution in [2.45, 2.75) is 66.0 Å². The first-order valence-corrected chi connectivity index (χ1v) is 13.0. The zero-order chi connectivity index (χ0) is 29.6. The Morgan fingerprint density at radius 3 is 2.33 bits per heavy atom. The maximum atomic E-state index is 14.1. The number of benzene rings is 2. The number of nitrogens with one attached hydrogen (secondary N) is 2. The number of rotatable bonds is 10. The second kappa shape index (κ2) is 12.7. The van der Waals surface area contributed by atoms with Gasteiger partial charge in [-0.3, -0.25) is 19.3 Å². The van der Waals surface area contributed by atoms with Crippen LogP contribution in [-0.2, 0) is 14.4 Å². The number of methoxy groups -OCH3 is 2. The van der Waals surface area contributed by atoms with E-state index in [1.165, 1.54) is 19.1 Å². The first-order chi connectivity index (χ1) is 18.8. The van der Waals surface area contributed by atoms with Gasteiger partial charge < -0.3 is 24.6 Å². The molecular formula is C30H38N4O6. The summed E-state index contributed by atoms with van der Waals surface area (Å²) >= 11 is 0. The van der Waals surface area contributed by atoms with Crippen molar-refractivity contribution in [3.05, 3.63) is 64.9 Å². The van der Waals surface area contributed by atoms with E-state index in [0.29, 0.717) is 28.5 Å². The monoisotopic (exact) mass is 550 g/mol. The Hall–Kier alpha value is -4.34. The van der Waals surface area contributed by atoms with Gasteiger partial charge in [0.15, 0.2) is 17.3 Å². The van der Waals surface area contributed by atoms with Crippen molar-refractivity contribution in [3.63, 3.8) is 0 Å². The van der Waals surface area contributed by atoms with Gasteiger partial charge in [-0.15, -0.1) is 0 Å². The number of carbonyl (C=O) groups is 3. The fourth-order valence-electron chi connectivity index (χ4n) is 4.33. The summed E-state index contributed by atoms with van der Waals surface area (Å²) in [6.45, 7) is 11.1. The van der Waals surface area contributed by atoms with E-state index in [1.807, 2.05) is 52.8 Å². The molecule has 1 aromatic heterocycles. The highest BCUT2D eigenvalue weighted by atomic mass is 16.5. The Labute approximate surface area is 235 Å². The molecule has 3 amide bonds. The van der Waals surface area contributed by atoms with E-state index in [2.05, 4.69) is 15.8 Å². The molecule has 3 rings (SSSR count). The minimum absolute atomic E-state index is 0.130. The fourth-order valence-corrected chi connectivity index (χ4v) is 4.33. The van der Waals surface area contributed by atoms with Crippen molar-refractivity contribution in [3.8, 4) is 11.5 Å². The van der Waals surface area contributed by atoms with Gasteiger partial charge in [0.1, 0.15) is 11.8 Å². The molecule has 1 unspecified atom stereocenters. The summed E-state index contributed by atoms with van der Waals surface area (Å²) in [5.74, 6) is 0.343. The Kier molecular flexibility index (Phi) is 9.57. The predicted octanol–water partition coefficient (Wildman–Crippen LogP) is 5.02. The largest absolute Gasteiger partial charge is 0.493 e. The molecule has 1 heterocycles. The van der Waals surface area contributed by atoms with Gasteiger partial charge in [-0.1, -0.05) is 29.4 Å². The molecule has 1 atom stereocenters. The second-order valence-electron chi connectivity index (χ2n) is 10.6. The summed E-state index contributed by atoms with van der Waals surface area (Å²) in [6, 6.07) is 11.4. The van der Waals surface area contributed by atoms with Crippen molar-refractivity contribution < 1.29 is 28.4 Å². The van der Waals surface area contributed by atoms with Crippen molar-refractivity contribution in [2.24, 2.45) is 0 Å². The first-order valence-electron chi connectivity index (χ1n) is 13.0. The van der Waals surface area contributed by atoms with E-state index in [0.717, 1.165) is 11.1 Å². The van der Waals surface area contributed by atoms with Crippen LogP contribution in [0.1, 0.15) is 62.1 Å². The lowest BCUT2D eigenvalue weighted by Crippen LogP contribution is -2.49. The minimum atomic E-state index is -1.13. The third-order valence-electron chi connectivity index (χ3n) is 6.09. The van der Waals surface area contributed by atoms with Crippen LogP contribution in [-0.4, -0.2) is 42.6 Å². The smallest absolute Gasteiger partial charge is 0.248 e. The third kappa shape index (κ3) is 7.40. The molecule has 2 N–H and O–H groups in total. The van der Waals surface area contributed by atoms with Gasteiger partial charge in [-0.2, -0.15) is 0 Å².